The van der Waals surface area contributed by atoms with Crippen molar-refractivity contribution in [1.29, 1.82) is 0 Å². The molecule has 1 aliphatic rings. The lowest BCUT2D eigenvalue weighted by atomic mass is 9.95. The van der Waals surface area contributed by atoms with E-state index in [1.807, 2.05) is 17.0 Å². The maximum absolute atomic E-state index is 13.1. The number of hydrogen-bond donors (Lipinski definition) is 3. The predicted molar refractivity (Wildman–Crippen MR) is 187 cm³/mol. The number of carbonyl (C=O) groups is 3. The molecule has 0 aliphatic carbocycles. The minimum Gasteiger partial charge on any atom is -0.478 e. The molecule has 0 spiro atoms. The number of hydrogen-bond acceptors (Lipinski definition) is 11. The van der Waals surface area contributed by atoms with E-state index in [-0.39, 0.29) is 35.6 Å². The summed E-state index contributed by atoms with van der Waals surface area (Å²) in [5.74, 6) is 0.548. The molecule has 0 bridgehead atoms. The van der Waals surface area contributed by atoms with E-state index in [9.17, 15) is 19.2 Å². The van der Waals surface area contributed by atoms with Gasteiger partial charge in [0.1, 0.15) is 10.6 Å². The molecule has 3 N–H and O–H groups in total. The summed E-state index contributed by atoms with van der Waals surface area (Å²) in [7, 11) is 4.90. The Kier molecular flexibility index (Phi) is 12.6. The molecule has 49 heavy (non-hydrogen) atoms. The summed E-state index contributed by atoms with van der Waals surface area (Å²) >= 11 is 6.47. The van der Waals surface area contributed by atoms with E-state index < -0.39 is 11.7 Å². The molecule has 3 amide bonds. The summed E-state index contributed by atoms with van der Waals surface area (Å²) in [6, 6.07) is 7.04. The van der Waals surface area contributed by atoms with Gasteiger partial charge in [-0.15, -0.1) is 0 Å². The van der Waals surface area contributed by atoms with Crippen molar-refractivity contribution in [3.8, 4) is 5.75 Å². The Morgan fingerprint density at radius 3 is 2.55 bits per heavy atom. The number of rotatable bonds is 13. The van der Waals surface area contributed by atoms with Crippen LogP contribution in [0.5, 0.6) is 5.75 Å². The third-order valence-corrected chi connectivity index (χ3v) is 8.09. The zero-order valence-electron chi connectivity index (χ0n) is 28.8. The van der Waals surface area contributed by atoms with Crippen molar-refractivity contribution >= 4 is 57.9 Å². The molecular formula is C33H45ClN8O7. The molecule has 2 aromatic heterocycles. The zero-order chi connectivity index (χ0) is 35.7. The highest BCUT2D eigenvalue weighted by atomic mass is 35.5. The maximum Gasteiger partial charge on any atom is 0.407 e. The van der Waals surface area contributed by atoms with Crippen LogP contribution in [-0.2, 0) is 26.1 Å². The van der Waals surface area contributed by atoms with Gasteiger partial charge in [-0.3, -0.25) is 14.4 Å². The lowest BCUT2D eigenvalue weighted by Gasteiger charge is -2.33. The number of halogens is 1. The highest BCUT2D eigenvalue weighted by Gasteiger charge is 2.28. The summed E-state index contributed by atoms with van der Waals surface area (Å²) in [4.78, 5) is 62.0. The normalized spacial score (nSPS) is 13.6. The Bertz CT molecular complexity index is 1700. The molecule has 15 nitrogen and oxygen atoms in total. The Balaban J connectivity index is 1.29. The molecule has 3 heterocycles. The number of amides is 3. The number of pyridine rings is 1. The van der Waals surface area contributed by atoms with Gasteiger partial charge in [0.15, 0.2) is 18.2 Å². The quantitative estimate of drug-likeness (QED) is 0.224. The van der Waals surface area contributed by atoms with Crippen LogP contribution < -0.4 is 31.1 Å². The number of aryl methyl sites for hydroxylation is 1. The number of fused-ring (bicyclic) bond motifs is 1. The lowest BCUT2D eigenvalue weighted by molar-refractivity contribution is -0.135. The van der Waals surface area contributed by atoms with Crippen molar-refractivity contribution in [3.05, 3.63) is 45.8 Å². The van der Waals surface area contributed by atoms with Crippen LogP contribution in [0.1, 0.15) is 33.6 Å². The number of alkyl carbamates (subject to hydrolysis) is 1. The second-order valence-electron chi connectivity index (χ2n) is 12.7. The minimum absolute atomic E-state index is 0.0595. The number of carbonyl (C=O) groups excluding carboxylic acids is 3. The van der Waals surface area contributed by atoms with Gasteiger partial charge in [-0.25, -0.2) is 9.78 Å². The second-order valence-corrected chi connectivity index (χ2v) is 13.1. The fourth-order valence-electron chi connectivity index (χ4n) is 5.18. The van der Waals surface area contributed by atoms with Crippen molar-refractivity contribution < 1.29 is 28.6 Å². The molecule has 16 heteroatoms. The fraction of sp³-hybridized carbons (Fsp3) is 0.515. The van der Waals surface area contributed by atoms with E-state index in [1.165, 1.54) is 17.8 Å². The first kappa shape index (κ1) is 37.2. The van der Waals surface area contributed by atoms with E-state index in [2.05, 4.69) is 25.9 Å². The Hall–Kier alpha value is -4.63. The summed E-state index contributed by atoms with van der Waals surface area (Å²) in [6.45, 7) is 7.75. The van der Waals surface area contributed by atoms with Crippen molar-refractivity contribution in [3.63, 3.8) is 0 Å². The first-order chi connectivity index (χ1) is 23.3. The van der Waals surface area contributed by atoms with Gasteiger partial charge in [-0.1, -0.05) is 11.6 Å². The van der Waals surface area contributed by atoms with Gasteiger partial charge in [-0.2, -0.15) is 4.98 Å². The number of ether oxygens (including phenoxy) is 3. The summed E-state index contributed by atoms with van der Waals surface area (Å²) < 4.78 is 17.7. The molecular weight excluding hydrogens is 656 g/mol. The van der Waals surface area contributed by atoms with Crippen LogP contribution in [0, 0.1) is 5.92 Å². The predicted octanol–water partition coefficient (Wildman–Crippen LogP) is 3.07. The molecule has 1 aliphatic heterocycles. The molecule has 0 unspecified atom stereocenters. The minimum atomic E-state index is -0.560. The molecule has 1 saturated heterocycles. The van der Waals surface area contributed by atoms with Gasteiger partial charge < -0.3 is 44.5 Å². The van der Waals surface area contributed by atoms with Crippen LogP contribution in [0.2, 0.25) is 5.02 Å². The molecule has 0 atom stereocenters. The third-order valence-electron chi connectivity index (χ3n) is 7.81. The van der Waals surface area contributed by atoms with Crippen LogP contribution in [-0.4, -0.2) is 103 Å². The summed E-state index contributed by atoms with van der Waals surface area (Å²) in [6.07, 6.45) is 2.34. The summed E-state index contributed by atoms with van der Waals surface area (Å²) in [5, 5.41) is 9.38. The molecule has 0 radical (unpaired) electrons. The average Bonchev–Trinajstić information content (AvgIpc) is 3.06. The highest BCUT2D eigenvalue weighted by molar-refractivity contribution is 6.32. The lowest BCUT2D eigenvalue weighted by Crippen LogP contribution is -2.42. The maximum atomic E-state index is 13.1. The van der Waals surface area contributed by atoms with Crippen LogP contribution in [0.25, 0.3) is 10.9 Å². The van der Waals surface area contributed by atoms with Gasteiger partial charge in [-0.05, 0) is 57.9 Å². The van der Waals surface area contributed by atoms with Gasteiger partial charge in [0, 0.05) is 64.3 Å². The van der Waals surface area contributed by atoms with E-state index >= 15 is 0 Å². The monoisotopic (exact) mass is 700 g/mol. The topological polar surface area (TPSA) is 169 Å². The standard InChI is InChI=1S/C33H45ClN8O7/c1-33(2,3)49-32(46)36-11-15-47-16-14-40(5)29(44)21-9-12-42(13-10-21)31-37-19-24(34)28(39-31)38-23-7-8-25-22(17-23)18-26(30(45)41(25)6)48-20-27(43)35-4/h7-8,17-19,21H,9-16,20H2,1-6H3,(H,35,43)(H,36,46)(H,37,38,39). The molecule has 0 saturated carbocycles. The number of nitrogens with one attached hydrogen (secondary N) is 3. The fourth-order valence-corrected chi connectivity index (χ4v) is 5.31. The van der Waals surface area contributed by atoms with E-state index in [0.717, 1.165) is 0 Å². The number of likely N-dealkylation sites (N-methyl/N-ethyl adjacent to an activating group) is 2. The zero-order valence-corrected chi connectivity index (χ0v) is 29.6. The number of benzene rings is 1. The van der Waals surface area contributed by atoms with Gasteiger partial charge in [0.05, 0.1) is 24.9 Å². The number of nitrogens with zero attached hydrogens (tertiary/aromatic N) is 5. The average molecular weight is 701 g/mol. The smallest absolute Gasteiger partial charge is 0.407 e. The Labute approximate surface area is 290 Å². The van der Waals surface area contributed by atoms with E-state index in [1.54, 1.807) is 51.9 Å². The second kappa shape index (κ2) is 16.7. The van der Waals surface area contributed by atoms with Crippen LogP contribution >= 0.6 is 11.6 Å². The number of piperidine rings is 1. The summed E-state index contributed by atoms with van der Waals surface area (Å²) in [5.41, 5.74) is 0.439. The first-order valence-corrected chi connectivity index (χ1v) is 16.4. The number of aromatic nitrogens is 3. The first-order valence-electron chi connectivity index (χ1n) is 16.1. The van der Waals surface area contributed by atoms with E-state index in [4.69, 9.17) is 25.8 Å². The largest absolute Gasteiger partial charge is 0.478 e. The van der Waals surface area contributed by atoms with E-state index in [0.29, 0.717) is 85.6 Å². The van der Waals surface area contributed by atoms with Crippen LogP contribution in [0.3, 0.4) is 0 Å². The molecule has 4 rings (SSSR count). The molecule has 1 fully saturated rings. The van der Waals surface area contributed by atoms with Crippen molar-refractivity contribution in [2.24, 2.45) is 13.0 Å². The van der Waals surface area contributed by atoms with Crippen LogP contribution in [0.15, 0.2) is 35.3 Å². The van der Waals surface area contributed by atoms with Gasteiger partial charge in [0.2, 0.25) is 11.9 Å². The van der Waals surface area contributed by atoms with Crippen molar-refractivity contribution in [1.82, 2.24) is 30.1 Å². The molecule has 3 aromatic rings. The van der Waals surface area contributed by atoms with Gasteiger partial charge >= 0.3 is 6.09 Å². The van der Waals surface area contributed by atoms with Crippen LogP contribution in [0.4, 0.5) is 22.2 Å². The Morgan fingerprint density at radius 2 is 1.86 bits per heavy atom. The highest BCUT2D eigenvalue weighted by Crippen LogP contribution is 2.29. The molecule has 1 aromatic carbocycles. The Morgan fingerprint density at radius 1 is 1.12 bits per heavy atom. The van der Waals surface area contributed by atoms with Crippen molar-refractivity contribution in [2.75, 3.05) is 70.3 Å². The van der Waals surface area contributed by atoms with Gasteiger partial charge in [0.25, 0.3) is 11.5 Å². The number of anilines is 3. The SMILES string of the molecule is CNC(=O)COc1cc2cc(Nc3nc(N4CCC(C(=O)N(C)CCOCCNC(=O)OC(C)(C)C)CC4)ncc3Cl)ccc2n(C)c1=O. The molecule has 266 valence electrons. The van der Waals surface area contributed by atoms with Crippen molar-refractivity contribution in [2.45, 2.75) is 39.2 Å². The third kappa shape index (κ3) is 10.4.